The van der Waals surface area contributed by atoms with Gasteiger partial charge in [0.25, 0.3) is 0 Å². The zero-order valence-electron chi connectivity index (χ0n) is 20.0. The molecule has 0 aromatic rings. The van der Waals surface area contributed by atoms with Crippen LogP contribution in [0.1, 0.15) is 99.8 Å². The summed E-state index contributed by atoms with van der Waals surface area (Å²) in [4.78, 5) is 12.4. The van der Waals surface area contributed by atoms with Crippen LogP contribution in [0.2, 0.25) is 0 Å². The van der Waals surface area contributed by atoms with Crippen LogP contribution < -0.4 is 0 Å². The Morgan fingerprint density at radius 3 is 2.34 bits per heavy atom. The minimum atomic E-state index is -0.141. The largest absolute Gasteiger partial charge is 0.462 e. The van der Waals surface area contributed by atoms with Gasteiger partial charge in [-0.25, -0.2) is 0 Å². The summed E-state index contributed by atoms with van der Waals surface area (Å²) in [5.41, 5.74) is 0.261. The van der Waals surface area contributed by atoms with Gasteiger partial charge in [-0.2, -0.15) is 0 Å². The molecule has 3 fully saturated rings. The Morgan fingerprint density at radius 1 is 1.00 bits per heavy atom. The number of carbonyl (C=O) groups excluding carboxylic acids is 1. The van der Waals surface area contributed by atoms with Crippen LogP contribution in [0.5, 0.6) is 0 Å². The molecular weight excluding hydrogens is 360 g/mol. The van der Waals surface area contributed by atoms with Gasteiger partial charge in [-0.05, 0) is 84.9 Å². The van der Waals surface area contributed by atoms with E-state index in [1.807, 2.05) is 0 Å². The number of hydrogen-bond donors (Lipinski definition) is 1. The topological polar surface area (TPSA) is 46.5 Å². The molecule has 0 aromatic heterocycles. The van der Waals surface area contributed by atoms with Gasteiger partial charge in [0.15, 0.2) is 0 Å². The van der Waals surface area contributed by atoms with Crippen molar-refractivity contribution in [1.82, 2.24) is 0 Å². The fourth-order valence-electron chi connectivity index (χ4n) is 6.75. The molecule has 1 saturated heterocycles. The fraction of sp³-hybridized carbons (Fsp3) is 0.962. The van der Waals surface area contributed by atoms with Gasteiger partial charge in [0.05, 0.1) is 6.10 Å². The Morgan fingerprint density at radius 2 is 1.69 bits per heavy atom. The normalized spacial score (nSPS) is 41.6. The molecule has 29 heavy (non-hydrogen) atoms. The molecule has 0 spiro atoms. The lowest BCUT2D eigenvalue weighted by Crippen LogP contribution is -2.46. The van der Waals surface area contributed by atoms with Crippen molar-refractivity contribution in [2.45, 2.75) is 112 Å². The maximum absolute atomic E-state index is 12.4. The first-order valence-corrected chi connectivity index (χ1v) is 12.3. The number of fused-ring (bicyclic) bond motifs is 1. The summed E-state index contributed by atoms with van der Waals surface area (Å²) in [6.07, 6.45) is 8.33. The summed E-state index contributed by atoms with van der Waals surface area (Å²) in [7, 11) is 0. The van der Waals surface area contributed by atoms with Gasteiger partial charge >= 0.3 is 5.97 Å². The Hall–Kier alpha value is -0.570. The highest BCUT2D eigenvalue weighted by molar-refractivity contribution is 5.70. The second-order valence-corrected chi connectivity index (χ2v) is 12.5. The monoisotopic (exact) mass is 406 g/mol. The first kappa shape index (κ1) is 23.1. The summed E-state index contributed by atoms with van der Waals surface area (Å²) in [6.45, 7) is 16.2. The molecule has 3 heteroatoms. The average Bonchev–Trinajstić information content (AvgIpc) is 2.59. The van der Waals surface area contributed by atoms with Crippen molar-refractivity contribution in [2.75, 3.05) is 0 Å². The second kappa shape index (κ2) is 8.52. The number of carbonyl (C=O) groups is 1. The minimum absolute atomic E-state index is 0.00956. The highest BCUT2D eigenvalue weighted by atomic mass is 16.5. The van der Waals surface area contributed by atoms with Crippen LogP contribution in [-0.4, -0.2) is 23.3 Å². The summed E-state index contributed by atoms with van der Waals surface area (Å²) >= 11 is 0. The summed E-state index contributed by atoms with van der Waals surface area (Å²) < 4.78 is 5.83. The van der Waals surface area contributed by atoms with Crippen molar-refractivity contribution >= 4 is 5.97 Å². The van der Waals surface area contributed by atoms with E-state index in [1.54, 1.807) is 0 Å². The van der Waals surface area contributed by atoms with Crippen molar-refractivity contribution < 1.29 is 14.6 Å². The lowest BCUT2D eigenvalue weighted by molar-refractivity contribution is -0.163. The molecular formula is C26H46O3. The summed E-state index contributed by atoms with van der Waals surface area (Å²) in [6, 6.07) is 0. The molecule has 3 aliphatic rings. The third-order valence-corrected chi connectivity index (χ3v) is 9.59. The Kier molecular flexibility index (Phi) is 6.78. The molecule has 1 aliphatic heterocycles. The Labute approximate surface area is 179 Å². The van der Waals surface area contributed by atoms with E-state index in [0.29, 0.717) is 41.9 Å². The average molecular weight is 407 g/mol. The van der Waals surface area contributed by atoms with Crippen LogP contribution in [-0.2, 0) is 9.53 Å². The molecule has 2 aliphatic carbocycles. The number of aliphatic hydroxyl groups excluding tert-OH is 1. The van der Waals surface area contributed by atoms with Crippen LogP contribution in [0.4, 0.5) is 0 Å². The smallest absolute Gasteiger partial charge is 0.306 e. The van der Waals surface area contributed by atoms with E-state index >= 15 is 0 Å². The van der Waals surface area contributed by atoms with E-state index in [-0.39, 0.29) is 29.0 Å². The van der Waals surface area contributed by atoms with Crippen molar-refractivity contribution in [1.29, 1.82) is 0 Å². The van der Waals surface area contributed by atoms with Crippen LogP contribution in [0.3, 0.4) is 0 Å². The number of rotatable bonds is 4. The molecule has 0 aromatic carbocycles. The standard InChI is InChI=1S/C26H46O3/c1-16-12-18-9-8-17(2)21(24(18)22(27)13-16)11-10-20-14-19(15-23(28)29-20)26(6,7)25(3,4)5/h16-22,24,27H,8-15H2,1-7H3/t16?,17-,18?,19+,20?,21-,22?,24?/m0/s1. The summed E-state index contributed by atoms with van der Waals surface area (Å²) in [5.74, 6) is 3.41. The third-order valence-electron chi connectivity index (χ3n) is 9.59. The predicted molar refractivity (Wildman–Crippen MR) is 118 cm³/mol. The number of hydrogen-bond acceptors (Lipinski definition) is 3. The van der Waals surface area contributed by atoms with Gasteiger partial charge in [0, 0.05) is 6.42 Å². The lowest BCUT2D eigenvalue weighted by Gasteiger charge is -2.50. The maximum Gasteiger partial charge on any atom is 0.306 e. The van der Waals surface area contributed by atoms with E-state index in [2.05, 4.69) is 48.5 Å². The minimum Gasteiger partial charge on any atom is -0.462 e. The predicted octanol–water partition coefficient (Wildman–Crippen LogP) is 6.23. The van der Waals surface area contributed by atoms with E-state index < -0.39 is 0 Å². The van der Waals surface area contributed by atoms with Crippen LogP contribution in [0.25, 0.3) is 0 Å². The van der Waals surface area contributed by atoms with Crippen molar-refractivity contribution in [2.24, 2.45) is 46.3 Å². The summed E-state index contributed by atoms with van der Waals surface area (Å²) in [5, 5.41) is 10.9. The van der Waals surface area contributed by atoms with Crippen molar-refractivity contribution in [3.8, 4) is 0 Å². The molecule has 2 saturated carbocycles. The van der Waals surface area contributed by atoms with Gasteiger partial charge in [-0.1, -0.05) is 54.9 Å². The molecule has 3 nitrogen and oxygen atoms in total. The zero-order valence-corrected chi connectivity index (χ0v) is 20.0. The van der Waals surface area contributed by atoms with Crippen LogP contribution in [0, 0.1) is 46.3 Å². The highest BCUT2D eigenvalue weighted by Gasteiger charge is 2.47. The van der Waals surface area contributed by atoms with Crippen LogP contribution in [0.15, 0.2) is 0 Å². The van der Waals surface area contributed by atoms with E-state index in [9.17, 15) is 9.90 Å². The second-order valence-electron chi connectivity index (χ2n) is 12.5. The van der Waals surface area contributed by atoms with E-state index in [4.69, 9.17) is 4.74 Å². The molecule has 8 atom stereocenters. The molecule has 0 bridgehead atoms. The molecule has 5 unspecified atom stereocenters. The molecule has 1 N–H and O–H groups in total. The number of esters is 1. The van der Waals surface area contributed by atoms with Gasteiger partial charge in [-0.15, -0.1) is 0 Å². The Balaban J connectivity index is 1.65. The van der Waals surface area contributed by atoms with Gasteiger partial charge in [0.2, 0.25) is 0 Å². The van der Waals surface area contributed by atoms with E-state index in [0.717, 1.165) is 25.7 Å². The number of cyclic esters (lactones) is 1. The van der Waals surface area contributed by atoms with Crippen molar-refractivity contribution in [3.63, 3.8) is 0 Å². The lowest BCUT2D eigenvalue weighted by atomic mass is 9.57. The number of ether oxygens (including phenoxy) is 1. The SMILES string of the molecule is CC1CC(O)C2C(CC[C@H](C)[C@@H]2CCC2C[C@@H](C(C)(C)C(C)(C)C)CC(=O)O2)C1. The van der Waals surface area contributed by atoms with Crippen molar-refractivity contribution in [3.05, 3.63) is 0 Å². The van der Waals surface area contributed by atoms with Gasteiger partial charge in [0.1, 0.15) is 6.10 Å². The third kappa shape index (κ3) is 4.86. The molecule has 0 radical (unpaired) electrons. The van der Waals surface area contributed by atoms with Gasteiger partial charge in [-0.3, -0.25) is 4.79 Å². The van der Waals surface area contributed by atoms with E-state index in [1.165, 1.54) is 19.3 Å². The quantitative estimate of drug-likeness (QED) is 0.563. The van der Waals surface area contributed by atoms with Crippen LogP contribution >= 0.6 is 0 Å². The molecule has 3 rings (SSSR count). The number of aliphatic hydroxyl groups is 1. The fourth-order valence-corrected chi connectivity index (χ4v) is 6.75. The molecule has 168 valence electrons. The van der Waals surface area contributed by atoms with Gasteiger partial charge < -0.3 is 9.84 Å². The first-order valence-electron chi connectivity index (χ1n) is 12.3. The molecule has 0 amide bonds. The first-order chi connectivity index (χ1) is 13.4. The molecule has 1 heterocycles. The zero-order chi connectivity index (χ0) is 21.6. The highest BCUT2D eigenvalue weighted by Crippen LogP contribution is 2.51. The Bertz CT molecular complexity index is 575. The maximum atomic E-state index is 12.4.